The predicted molar refractivity (Wildman–Crippen MR) is 236 cm³/mol. The van der Waals surface area contributed by atoms with Crippen molar-refractivity contribution in [2.75, 3.05) is 0 Å². The van der Waals surface area contributed by atoms with Crippen LogP contribution in [0.1, 0.15) is 28.2 Å². The molecule has 0 bridgehead atoms. The average Bonchev–Trinajstić information content (AvgIpc) is 3.59. The maximum Gasteiger partial charge on any atom is 0.160 e. The van der Waals surface area contributed by atoms with E-state index >= 15 is 0 Å². The summed E-state index contributed by atoms with van der Waals surface area (Å²) in [7, 11) is 0. The number of allylic oxidation sites excluding steroid dienone is 4. The third-order valence-electron chi connectivity index (χ3n) is 12.6. The zero-order valence-electron chi connectivity index (χ0n) is 31.6. The van der Waals surface area contributed by atoms with Crippen LogP contribution >= 0.6 is 0 Å². The first-order valence-electron chi connectivity index (χ1n) is 20.1. The fourth-order valence-electron chi connectivity index (χ4n) is 10.0. The van der Waals surface area contributed by atoms with Crippen LogP contribution in [0.15, 0.2) is 206 Å². The third kappa shape index (κ3) is 4.86. The number of hydrogen-bond acceptors (Lipinski definition) is 3. The zero-order chi connectivity index (χ0) is 38.2. The second-order valence-corrected chi connectivity index (χ2v) is 15.6. The van der Waals surface area contributed by atoms with Crippen LogP contribution in [-0.2, 0) is 5.41 Å². The number of aromatic nitrogens is 2. The Morgan fingerprint density at radius 3 is 1.57 bits per heavy atom. The Kier molecular flexibility index (Phi) is 7.27. The molecule has 0 N–H and O–H groups in total. The molecule has 0 fully saturated rings. The van der Waals surface area contributed by atoms with Gasteiger partial charge in [0.15, 0.2) is 5.82 Å². The molecular weight excluding hydrogens is 705 g/mol. The van der Waals surface area contributed by atoms with E-state index in [9.17, 15) is 0 Å². The minimum atomic E-state index is -0.491. The molecule has 1 spiro atoms. The highest BCUT2D eigenvalue weighted by atomic mass is 16.5. The first-order chi connectivity index (χ1) is 28.7. The van der Waals surface area contributed by atoms with Crippen molar-refractivity contribution in [2.24, 2.45) is 5.92 Å². The second kappa shape index (κ2) is 12.8. The van der Waals surface area contributed by atoms with E-state index in [0.29, 0.717) is 5.82 Å². The molecule has 3 aliphatic rings. The minimum absolute atomic E-state index is 0.127. The highest BCUT2D eigenvalue weighted by molar-refractivity contribution is 5.97. The molecule has 2 heterocycles. The molecule has 272 valence electrons. The van der Waals surface area contributed by atoms with Gasteiger partial charge in [-0.2, -0.15) is 0 Å². The zero-order valence-corrected chi connectivity index (χ0v) is 31.6. The topological polar surface area (TPSA) is 35.0 Å². The third-order valence-corrected chi connectivity index (χ3v) is 12.6. The number of hydrogen-bond donors (Lipinski definition) is 0. The average molecular weight is 741 g/mol. The molecule has 9 aromatic rings. The van der Waals surface area contributed by atoms with E-state index in [2.05, 4.69) is 200 Å². The highest BCUT2D eigenvalue weighted by Gasteiger charge is 2.57. The molecular formula is C55H36N2O. The Bertz CT molecular complexity index is 3060. The van der Waals surface area contributed by atoms with Gasteiger partial charge in [-0.3, -0.25) is 0 Å². The molecule has 3 heteroatoms. The van der Waals surface area contributed by atoms with E-state index in [1.807, 2.05) is 6.07 Å². The van der Waals surface area contributed by atoms with Crippen molar-refractivity contribution in [3.63, 3.8) is 0 Å². The summed E-state index contributed by atoms with van der Waals surface area (Å²) in [5, 5.41) is 4.60. The molecule has 1 aliphatic heterocycles. The largest absolute Gasteiger partial charge is 0.455 e. The highest BCUT2D eigenvalue weighted by Crippen LogP contribution is 2.66. The van der Waals surface area contributed by atoms with Crippen LogP contribution in [0.25, 0.3) is 66.6 Å². The SMILES string of the molecule is C1=CC2c3cc(-c4nc(-c5ccccc5)cc(-c5ccc(-c6ccccc6)cc5)n4)ccc3C3(c4ccc5ccccc5c4Oc4c3ccc3ccccc43)C2C=C1. The van der Waals surface area contributed by atoms with E-state index in [4.69, 9.17) is 14.7 Å². The summed E-state index contributed by atoms with van der Waals surface area (Å²) in [6.45, 7) is 0. The maximum absolute atomic E-state index is 7.16. The van der Waals surface area contributed by atoms with Crippen molar-refractivity contribution in [3.8, 4) is 56.5 Å². The predicted octanol–water partition coefficient (Wildman–Crippen LogP) is 13.7. The van der Waals surface area contributed by atoms with Gasteiger partial charge in [0.25, 0.3) is 0 Å². The molecule has 3 nitrogen and oxygen atoms in total. The lowest BCUT2D eigenvalue weighted by Gasteiger charge is -2.43. The van der Waals surface area contributed by atoms with Gasteiger partial charge in [0.2, 0.25) is 0 Å². The minimum Gasteiger partial charge on any atom is -0.455 e. The van der Waals surface area contributed by atoms with E-state index in [1.165, 1.54) is 44.2 Å². The summed E-state index contributed by atoms with van der Waals surface area (Å²) >= 11 is 0. The number of ether oxygens (including phenoxy) is 1. The van der Waals surface area contributed by atoms with Gasteiger partial charge >= 0.3 is 0 Å². The van der Waals surface area contributed by atoms with E-state index in [1.54, 1.807) is 0 Å². The smallest absolute Gasteiger partial charge is 0.160 e. The van der Waals surface area contributed by atoms with Crippen molar-refractivity contribution in [1.82, 2.24) is 9.97 Å². The maximum atomic E-state index is 7.16. The number of benzene rings is 8. The van der Waals surface area contributed by atoms with Gasteiger partial charge in [-0.05, 0) is 45.2 Å². The fraction of sp³-hybridized carbons (Fsp3) is 0.0545. The molecule has 12 rings (SSSR count). The molecule has 2 atom stereocenters. The van der Waals surface area contributed by atoms with Gasteiger partial charge in [0.05, 0.1) is 16.8 Å². The summed E-state index contributed by atoms with van der Waals surface area (Å²) in [5.74, 6) is 2.87. The number of nitrogens with zero attached hydrogens (tertiary/aromatic N) is 2. The van der Waals surface area contributed by atoms with Gasteiger partial charge in [-0.1, -0.05) is 194 Å². The lowest BCUT2D eigenvalue weighted by Crippen LogP contribution is -2.37. The molecule has 0 radical (unpaired) electrons. The first kappa shape index (κ1) is 32.8. The van der Waals surface area contributed by atoms with Gasteiger partial charge in [-0.15, -0.1) is 0 Å². The van der Waals surface area contributed by atoms with Crippen molar-refractivity contribution in [3.05, 3.63) is 229 Å². The Labute approximate surface area is 337 Å². The van der Waals surface area contributed by atoms with Crippen molar-refractivity contribution < 1.29 is 4.74 Å². The van der Waals surface area contributed by atoms with Crippen LogP contribution < -0.4 is 4.74 Å². The lowest BCUT2D eigenvalue weighted by molar-refractivity contribution is 0.380. The Morgan fingerprint density at radius 1 is 0.414 bits per heavy atom. The van der Waals surface area contributed by atoms with Crippen LogP contribution in [0.4, 0.5) is 0 Å². The second-order valence-electron chi connectivity index (χ2n) is 15.6. The normalized spacial score (nSPS) is 16.8. The van der Waals surface area contributed by atoms with E-state index < -0.39 is 5.41 Å². The Morgan fingerprint density at radius 2 is 0.914 bits per heavy atom. The fourth-order valence-corrected chi connectivity index (χ4v) is 10.0. The summed E-state index contributed by atoms with van der Waals surface area (Å²) in [5.41, 5.74) is 11.8. The van der Waals surface area contributed by atoms with Gasteiger partial charge in [-0.25, -0.2) is 9.97 Å². The van der Waals surface area contributed by atoms with Gasteiger partial charge in [0, 0.05) is 50.4 Å². The monoisotopic (exact) mass is 740 g/mol. The van der Waals surface area contributed by atoms with E-state index in [-0.39, 0.29) is 11.8 Å². The molecule has 1 aromatic heterocycles. The van der Waals surface area contributed by atoms with Crippen LogP contribution in [-0.4, -0.2) is 9.97 Å². The quantitative estimate of drug-likeness (QED) is 0.180. The summed E-state index contributed by atoms with van der Waals surface area (Å²) < 4.78 is 7.16. The molecule has 0 amide bonds. The first-order valence-corrected chi connectivity index (χ1v) is 20.1. The van der Waals surface area contributed by atoms with E-state index in [0.717, 1.165) is 50.3 Å². The van der Waals surface area contributed by atoms with Crippen LogP contribution in [0.3, 0.4) is 0 Å². The Balaban J connectivity index is 1.07. The molecule has 0 saturated heterocycles. The Hall–Kier alpha value is -7.36. The standard InChI is InChI=1S/C55H36N2O/c1-3-13-35(14-4-1)36-23-25-40(26-24-36)51-34-50(39-17-5-2-6-18-39)56-54(57-51)41-29-30-47-45(33-41)44-21-11-12-22-46(44)55(47)48-31-27-37-15-7-9-19-42(37)52(48)58-53-43-20-10-8-16-38(43)28-32-49(53)55/h1-34,44,46H. The molecule has 2 unspecified atom stereocenters. The summed E-state index contributed by atoms with van der Waals surface area (Å²) in [6.07, 6.45) is 9.26. The summed E-state index contributed by atoms with van der Waals surface area (Å²) in [4.78, 5) is 10.6. The van der Waals surface area contributed by atoms with Crippen molar-refractivity contribution >= 4 is 21.5 Å². The van der Waals surface area contributed by atoms with Gasteiger partial charge < -0.3 is 4.74 Å². The molecule has 0 saturated carbocycles. The van der Waals surface area contributed by atoms with Crippen molar-refractivity contribution in [1.29, 1.82) is 0 Å². The van der Waals surface area contributed by atoms with Gasteiger partial charge in [0.1, 0.15) is 11.5 Å². The van der Waals surface area contributed by atoms with Crippen LogP contribution in [0.5, 0.6) is 11.5 Å². The molecule has 8 aromatic carbocycles. The number of rotatable bonds is 4. The number of fused-ring (bicyclic) bond motifs is 13. The van der Waals surface area contributed by atoms with Crippen molar-refractivity contribution in [2.45, 2.75) is 11.3 Å². The summed E-state index contributed by atoms with van der Waals surface area (Å²) in [6, 6.07) is 65.1. The van der Waals surface area contributed by atoms with Crippen LogP contribution in [0, 0.1) is 5.92 Å². The molecule has 58 heavy (non-hydrogen) atoms. The lowest BCUT2D eigenvalue weighted by atomic mass is 9.61. The molecule has 2 aliphatic carbocycles. The van der Waals surface area contributed by atoms with Crippen LogP contribution in [0.2, 0.25) is 0 Å².